The SMILES string of the molecule is [CH](c1ccccc1)c1ccnc([CH]c2ccccc2)c1. The van der Waals surface area contributed by atoms with Gasteiger partial charge in [-0.3, -0.25) is 4.98 Å². The van der Waals surface area contributed by atoms with E-state index in [1.54, 1.807) is 0 Å². The highest BCUT2D eigenvalue weighted by Crippen LogP contribution is 2.15. The van der Waals surface area contributed by atoms with Crippen molar-refractivity contribution in [3.05, 3.63) is 114 Å². The zero-order valence-electron chi connectivity index (χ0n) is 11.1. The van der Waals surface area contributed by atoms with E-state index in [2.05, 4.69) is 48.2 Å². The summed E-state index contributed by atoms with van der Waals surface area (Å²) in [5, 5.41) is 0. The van der Waals surface area contributed by atoms with Crippen LogP contribution in [0.3, 0.4) is 0 Å². The van der Waals surface area contributed by atoms with Crippen LogP contribution in [0.15, 0.2) is 79.0 Å². The van der Waals surface area contributed by atoms with Crippen molar-refractivity contribution in [3.63, 3.8) is 0 Å². The fourth-order valence-electron chi connectivity index (χ4n) is 2.10. The van der Waals surface area contributed by atoms with Crippen LogP contribution in [0, 0.1) is 12.8 Å². The zero-order valence-corrected chi connectivity index (χ0v) is 11.1. The van der Waals surface area contributed by atoms with Gasteiger partial charge in [-0.1, -0.05) is 60.7 Å². The molecule has 1 heterocycles. The van der Waals surface area contributed by atoms with E-state index in [1.807, 2.05) is 48.7 Å². The van der Waals surface area contributed by atoms with Gasteiger partial charge in [0.15, 0.2) is 0 Å². The van der Waals surface area contributed by atoms with Crippen molar-refractivity contribution in [2.24, 2.45) is 0 Å². The molecule has 96 valence electrons. The molecular formula is C19H15N. The van der Waals surface area contributed by atoms with Gasteiger partial charge in [0.05, 0.1) is 0 Å². The van der Waals surface area contributed by atoms with Crippen molar-refractivity contribution in [2.45, 2.75) is 0 Å². The minimum Gasteiger partial charge on any atom is -0.261 e. The third kappa shape index (κ3) is 3.33. The Bertz CT molecular complexity index is 603. The van der Waals surface area contributed by atoms with Gasteiger partial charge in [0.25, 0.3) is 0 Å². The summed E-state index contributed by atoms with van der Waals surface area (Å²) in [6, 6.07) is 24.7. The summed E-state index contributed by atoms with van der Waals surface area (Å²) < 4.78 is 0. The average molecular weight is 257 g/mol. The number of hydrogen-bond acceptors (Lipinski definition) is 1. The minimum absolute atomic E-state index is 0.973. The summed E-state index contributed by atoms with van der Waals surface area (Å²) in [4.78, 5) is 4.40. The number of nitrogens with zero attached hydrogens (tertiary/aromatic N) is 1. The van der Waals surface area contributed by atoms with Gasteiger partial charge >= 0.3 is 0 Å². The molecule has 0 aliphatic rings. The lowest BCUT2D eigenvalue weighted by Crippen LogP contribution is -1.92. The molecule has 1 nitrogen and oxygen atoms in total. The maximum absolute atomic E-state index is 4.40. The maximum atomic E-state index is 4.40. The Kier molecular flexibility index (Phi) is 3.88. The van der Waals surface area contributed by atoms with Crippen LogP contribution in [0.2, 0.25) is 0 Å². The third-order valence-electron chi connectivity index (χ3n) is 3.05. The number of pyridine rings is 1. The van der Waals surface area contributed by atoms with E-state index in [-0.39, 0.29) is 0 Å². The largest absolute Gasteiger partial charge is 0.261 e. The lowest BCUT2D eigenvalue weighted by atomic mass is 10.0. The summed E-state index contributed by atoms with van der Waals surface area (Å²) in [5.74, 6) is 0. The van der Waals surface area contributed by atoms with E-state index < -0.39 is 0 Å². The summed E-state index contributed by atoms with van der Waals surface area (Å²) in [6.45, 7) is 0. The first-order chi connectivity index (χ1) is 9.90. The van der Waals surface area contributed by atoms with E-state index >= 15 is 0 Å². The van der Waals surface area contributed by atoms with E-state index in [1.165, 1.54) is 5.56 Å². The Morgan fingerprint density at radius 1 is 0.600 bits per heavy atom. The maximum Gasteiger partial charge on any atom is 0.0491 e. The minimum atomic E-state index is 0.973. The van der Waals surface area contributed by atoms with Crippen LogP contribution in [0.1, 0.15) is 22.4 Å². The van der Waals surface area contributed by atoms with Crippen molar-refractivity contribution >= 4 is 0 Å². The number of hydrogen-bond donors (Lipinski definition) is 0. The van der Waals surface area contributed by atoms with Crippen molar-refractivity contribution in [2.75, 3.05) is 0 Å². The van der Waals surface area contributed by atoms with Gasteiger partial charge in [-0.25, -0.2) is 0 Å². The second kappa shape index (κ2) is 6.16. The number of rotatable bonds is 4. The topological polar surface area (TPSA) is 12.9 Å². The van der Waals surface area contributed by atoms with Crippen molar-refractivity contribution in [3.8, 4) is 0 Å². The van der Waals surface area contributed by atoms with Gasteiger partial charge in [0, 0.05) is 24.7 Å². The highest BCUT2D eigenvalue weighted by Gasteiger charge is 2.01. The highest BCUT2D eigenvalue weighted by atomic mass is 14.7. The fraction of sp³-hybridized carbons (Fsp3) is 0. The molecule has 3 rings (SSSR count). The first-order valence-electron chi connectivity index (χ1n) is 6.66. The molecule has 0 saturated carbocycles. The molecule has 0 unspecified atom stereocenters. The second-order valence-electron chi connectivity index (χ2n) is 4.62. The molecule has 0 atom stereocenters. The van der Waals surface area contributed by atoms with E-state index in [0.717, 1.165) is 16.8 Å². The molecule has 0 fully saturated rings. The number of benzene rings is 2. The smallest absolute Gasteiger partial charge is 0.0491 e. The molecule has 20 heavy (non-hydrogen) atoms. The van der Waals surface area contributed by atoms with Crippen molar-refractivity contribution < 1.29 is 0 Å². The molecule has 0 aliphatic heterocycles. The summed E-state index contributed by atoms with van der Waals surface area (Å²) in [7, 11) is 0. The first-order valence-corrected chi connectivity index (χ1v) is 6.66. The predicted octanol–water partition coefficient (Wildman–Crippen LogP) is 4.28. The van der Waals surface area contributed by atoms with Crippen molar-refractivity contribution in [1.29, 1.82) is 0 Å². The van der Waals surface area contributed by atoms with Gasteiger partial charge in [-0.05, 0) is 28.8 Å². The summed E-state index contributed by atoms with van der Waals surface area (Å²) in [6.07, 6.45) is 6.09. The molecule has 0 spiro atoms. The second-order valence-corrected chi connectivity index (χ2v) is 4.62. The average Bonchev–Trinajstić information content (AvgIpc) is 2.50. The van der Waals surface area contributed by atoms with Crippen LogP contribution in [0.25, 0.3) is 0 Å². The Labute approximate surface area is 119 Å². The van der Waals surface area contributed by atoms with Crippen LogP contribution < -0.4 is 0 Å². The molecule has 0 N–H and O–H groups in total. The molecule has 1 heteroatoms. The molecule has 2 aromatic carbocycles. The monoisotopic (exact) mass is 257 g/mol. The third-order valence-corrected chi connectivity index (χ3v) is 3.05. The van der Waals surface area contributed by atoms with Crippen LogP contribution in [0.4, 0.5) is 0 Å². The molecule has 0 bridgehead atoms. The van der Waals surface area contributed by atoms with E-state index in [4.69, 9.17) is 0 Å². The lowest BCUT2D eigenvalue weighted by Gasteiger charge is -2.04. The van der Waals surface area contributed by atoms with Gasteiger partial charge in [0.1, 0.15) is 0 Å². The Morgan fingerprint density at radius 2 is 1.20 bits per heavy atom. The molecule has 0 saturated heterocycles. The standard InChI is InChI=1S/C19H15N/c1-3-7-16(8-4-1)13-18-11-12-20-19(15-18)14-17-9-5-2-6-10-17/h1-15H. The van der Waals surface area contributed by atoms with Gasteiger partial charge in [-0.2, -0.15) is 0 Å². The van der Waals surface area contributed by atoms with Crippen LogP contribution in [-0.4, -0.2) is 4.98 Å². The fourth-order valence-corrected chi connectivity index (χ4v) is 2.10. The highest BCUT2D eigenvalue weighted by molar-refractivity contribution is 5.40. The molecule has 3 aromatic rings. The molecule has 1 aromatic heterocycles. The summed E-state index contributed by atoms with van der Waals surface area (Å²) >= 11 is 0. The van der Waals surface area contributed by atoms with Crippen LogP contribution in [0.5, 0.6) is 0 Å². The quantitative estimate of drug-likeness (QED) is 0.679. The molecule has 0 amide bonds. The van der Waals surface area contributed by atoms with Gasteiger partial charge < -0.3 is 0 Å². The van der Waals surface area contributed by atoms with E-state index in [0.29, 0.717) is 0 Å². The summed E-state index contributed by atoms with van der Waals surface area (Å²) in [5.41, 5.74) is 4.50. The first kappa shape index (κ1) is 12.6. The normalized spacial score (nSPS) is 10.4. The Hall–Kier alpha value is -2.41. The van der Waals surface area contributed by atoms with E-state index in [9.17, 15) is 0 Å². The molecule has 2 radical (unpaired) electrons. The Balaban J connectivity index is 1.76. The lowest BCUT2D eigenvalue weighted by molar-refractivity contribution is 1.20. The van der Waals surface area contributed by atoms with Gasteiger partial charge in [0.2, 0.25) is 0 Å². The molecule has 0 aliphatic carbocycles. The molecular weight excluding hydrogens is 242 g/mol. The zero-order chi connectivity index (χ0) is 13.6. The predicted molar refractivity (Wildman–Crippen MR) is 82.1 cm³/mol. The van der Waals surface area contributed by atoms with Crippen LogP contribution >= 0.6 is 0 Å². The van der Waals surface area contributed by atoms with Crippen LogP contribution in [-0.2, 0) is 0 Å². The van der Waals surface area contributed by atoms with Gasteiger partial charge in [-0.15, -0.1) is 0 Å². The van der Waals surface area contributed by atoms with Crippen molar-refractivity contribution in [1.82, 2.24) is 4.98 Å². The number of aromatic nitrogens is 1. The Morgan fingerprint density at radius 3 is 1.85 bits per heavy atom.